The summed E-state index contributed by atoms with van der Waals surface area (Å²) in [7, 11) is 0. The molecule has 0 radical (unpaired) electrons. The molecule has 2 rings (SSSR count). The fraction of sp³-hybridized carbons (Fsp3) is 0.333. The lowest BCUT2D eigenvalue weighted by atomic mass is 10.1. The summed E-state index contributed by atoms with van der Waals surface area (Å²) in [5, 5.41) is 8.79. The van der Waals surface area contributed by atoms with Crippen LogP contribution in [0.2, 0.25) is 0 Å². The molecule has 1 aliphatic rings. The third-order valence-corrected chi connectivity index (χ3v) is 2.93. The lowest BCUT2D eigenvalue weighted by molar-refractivity contribution is -0.235. The van der Waals surface area contributed by atoms with Gasteiger partial charge in [0.25, 0.3) is 5.79 Å². The van der Waals surface area contributed by atoms with Crippen molar-refractivity contribution in [3.05, 3.63) is 35.4 Å². The third-order valence-electron chi connectivity index (χ3n) is 2.93. The van der Waals surface area contributed by atoms with Crippen LogP contribution in [0.15, 0.2) is 29.3 Å². The molecule has 7 heteroatoms. The molecule has 22 heavy (non-hydrogen) atoms. The highest BCUT2D eigenvalue weighted by Crippen LogP contribution is 2.22. The van der Waals surface area contributed by atoms with Crippen molar-refractivity contribution in [3.63, 3.8) is 0 Å². The number of hydrogen-bond donors (Lipinski definition) is 1. The number of cyclic esters (lactones) is 2. The van der Waals surface area contributed by atoms with Gasteiger partial charge in [-0.1, -0.05) is 12.1 Å². The van der Waals surface area contributed by atoms with E-state index in [4.69, 9.17) is 14.6 Å². The van der Waals surface area contributed by atoms with E-state index in [1.54, 1.807) is 12.1 Å². The highest BCUT2D eigenvalue weighted by atomic mass is 16.7. The van der Waals surface area contributed by atoms with Crippen LogP contribution in [0.3, 0.4) is 0 Å². The number of benzene rings is 1. The zero-order valence-corrected chi connectivity index (χ0v) is 12.1. The van der Waals surface area contributed by atoms with E-state index in [-0.39, 0.29) is 12.1 Å². The zero-order valence-electron chi connectivity index (χ0n) is 12.1. The van der Waals surface area contributed by atoms with Gasteiger partial charge >= 0.3 is 17.9 Å². The van der Waals surface area contributed by atoms with Crippen LogP contribution >= 0.6 is 0 Å². The summed E-state index contributed by atoms with van der Waals surface area (Å²) in [6.07, 6.45) is 1.19. The normalized spacial score (nSPS) is 18.1. The average molecular weight is 305 g/mol. The average Bonchev–Trinajstić information content (AvgIpc) is 2.41. The molecule has 0 spiro atoms. The largest absolute Gasteiger partial charge is 0.478 e. The van der Waals surface area contributed by atoms with Crippen molar-refractivity contribution >= 4 is 24.1 Å². The molecule has 0 atom stereocenters. The highest BCUT2D eigenvalue weighted by Gasteiger charge is 2.42. The molecule has 1 heterocycles. The molecule has 0 unspecified atom stereocenters. The van der Waals surface area contributed by atoms with Gasteiger partial charge in [0.2, 0.25) is 0 Å². The van der Waals surface area contributed by atoms with Crippen LogP contribution in [0.1, 0.15) is 29.8 Å². The van der Waals surface area contributed by atoms with Crippen LogP contribution in [0, 0.1) is 5.92 Å². The number of carbonyl (C=O) groups is 3. The maximum atomic E-state index is 11.7. The maximum absolute atomic E-state index is 11.7. The minimum Gasteiger partial charge on any atom is -0.478 e. The Morgan fingerprint density at radius 2 is 1.77 bits per heavy atom. The Balaban J connectivity index is 1.99. The van der Waals surface area contributed by atoms with Crippen LogP contribution < -0.4 is 0 Å². The fourth-order valence-electron chi connectivity index (χ4n) is 1.87. The molecule has 0 bridgehead atoms. The molecule has 0 saturated carbocycles. The van der Waals surface area contributed by atoms with Gasteiger partial charge in [0.1, 0.15) is 0 Å². The van der Waals surface area contributed by atoms with Gasteiger partial charge in [0, 0.05) is 20.1 Å². The maximum Gasteiger partial charge on any atom is 0.335 e. The number of esters is 2. The summed E-state index contributed by atoms with van der Waals surface area (Å²) in [4.78, 5) is 38.1. The number of aromatic carboxylic acids is 1. The van der Waals surface area contributed by atoms with Crippen LogP contribution in [0.25, 0.3) is 0 Å². The van der Waals surface area contributed by atoms with Crippen LogP contribution in [0.4, 0.5) is 0 Å². The molecular formula is C15H15NO6. The van der Waals surface area contributed by atoms with Crippen molar-refractivity contribution in [2.45, 2.75) is 26.2 Å². The third kappa shape index (κ3) is 3.69. The Labute approximate surface area is 126 Å². The summed E-state index contributed by atoms with van der Waals surface area (Å²) < 4.78 is 9.93. The first-order valence-corrected chi connectivity index (χ1v) is 6.56. The van der Waals surface area contributed by atoms with Crippen molar-refractivity contribution in [2.75, 3.05) is 0 Å². The SMILES string of the molecule is CC1(C)OC(=O)C(C=NCc2ccc(C(=O)O)cc2)C(=O)O1. The van der Waals surface area contributed by atoms with E-state index in [1.807, 2.05) is 0 Å². The summed E-state index contributed by atoms with van der Waals surface area (Å²) in [6, 6.07) is 6.14. The molecule has 116 valence electrons. The van der Waals surface area contributed by atoms with E-state index in [0.717, 1.165) is 5.56 Å². The second kappa shape index (κ2) is 5.97. The van der Waals surface area contributed by atoms with Crippen molar-refractivity contribution in [2.24, 2.45) is 10.9 Å². The molecule has 0 aliphatic carbocycles. The van der Waals surface area contributed by atoms with E-state index in [1.165, 1.54) is 32.2 Å². The summed E-state index contributed by atoms with van der Waals surface area (Å²) in [6.45, 7) is 3.15. The highest BCUT2D eigenvalue weighted by molar-refractivity contribution is 6.10. The van der Waals surface area contributed by atoms with Crippen molar-refractivity contribution < 1.29 is 29.0 Å². The lowest BCUT2D eigenvalue weighted by Crippen LogP contribution is -2.46. The molecule has 1 N–H and O–H groups in total. The Bertz CT molecular complexity index is 612. The fourth-order valence-corrected chi connectivity index (χ4v) is 1.87. The first-order valence-electron chi connectivity index (χ1n) is 6.56. The standard InChI is InChI=1S/C15H15NO6/c1-15(2)21-13(19)11(14(20)22-15)8-16-7-9-3-5-10(6-4-9)12(17)18/h3-6,8,11H,7H2,1-2H3,(H,17,18). The van der Waals surface area contributed by atoms with E-state index >= 15 is 0 Å². The summed E-state index contributed by atoms with van der Waals surface area (Å²) in [5.41, 5.74) is 0.925. The molecule has 1 fully saturated rings. The molecule has 0 amide bonds. The minimum absolute atomic E-state index is 0.175. The lowest BCUT2D eigenvalue weighted by Gasteiger charge is -2.31. The molecular weight excluding hydrogens is 290 g/mol. The minimum atomic E-state index is -1.26. The predicted molar refractivity (Wildman–Crippen MR) is 75.4 cm³/mol. The molecule has 0 aromatic heterocycles. The van der Waals surface area contributed by atoms with Gasteiger partial charge in [-0.25, -0.2) is 4.79 Å². The van der Waals surface area contributed by atoms with E-state index in [2.05, 4.69) is 4.99 Å². The number of aliphatic imine (C=N–C) groups is 1. The Morgan fingerprint density at radius 3 is 2.27 bits per heavy atom. The van der Waals surface area contributed by atoms with Crippen LogP contribution in [0.5, 0.6) is 0 Å². The van der Waals surface area contributed by atoms with Gasteiger partial charge in [-0.3, -0.25) is 14.6 Å². The first kappa shape index (κ1) is 15.7. The van der Waals surface area contributed by atoms with Crippen molar-refractivity contribution in [3.8, 4) is 0 Å². The van der Waals surface area contributed by atoms with Crippen LogP contribution in [-0.4, -0.2) is 35.0 Å². The van der Waals surface area contributed by atoms with Gasteiger partial charge in [-0.2, -0.15) is 0 Å². The van der Waals surface area contributed by atoms with Crippen molar-refractivity contribution in [1.29, 1.82) is 0 Å². The first-order chi connectivity index (χ1) is 10.3. The number of carbonyl (C=O) groups excluding carboxylic acids is 2. The summed E-state index contributed by atoms with van der Waals surface area (Å²) >= 11 is 0. The Morgan fingerprint density at radius 1 is 1.23 bits per heavy atom. The van der Waals surface area contributed by atoms with Gasteiger partial charge in [-0.05, 0) is 17.7 Å². The van der Waals surface area contributed by atoms with Gasteiger partial charge in [-0.15, -0.1) is 0 Å². The predicted octanol–water partition coefficient (Wildman–Crippen LogP) is 1.41. The smallest absolute Gasteiger partial charge is 0.335 e. The molecule has 7 nitrogen and oxygen atoms in total. The topological polar surface area (TPSA) is 102 Å². The van der Waals surface area contributed by atoms with Crippen LogP contribution in [-0.2, 0) is 25.6 Å². The number of ether oxygens (including phenoxy) is 2. The van der Waals surface area contributed by atoms with Gasteiger partial charge in [0.05, 0.1) is 12.1 Å². The second-order valence-electron chi connectivity index (χ2n) is 5.21. The van der Waals surface area contributed by atoms with Crippen molar-refractivity contribution in [1.82, 2.24) is 0 Å². The number of hydrogen-bond acceptors (Lipinski definition) is 6. The molecule has 1 aromatic carbocycles. The quantitative estimate of drug-likeness (QED) is 0.512. The Kier molecular flexibility index (Phi) is 4.25. The van der Waals surface area contributed by atoms with E-state index in [0.29, 0.717) is 0 Å². The molecule has 1 aliphatic heterocycles. The number of carboxylic acid groups (broad SMARTS) is 1. The second-order valence-corrected chi connectivity index (χ2v) is 5.21. The Hall–Kier alpha value is -2.70. The van der Waals surface area contributed by atoms with Gasteiger partial charge in [0.15, 0.2) is 5.92 Å². The van der Waals surface area contributed by atoms with E-state index in [9.17, 15) is 14.4 Å². The van der Waals surface area contributed by atoms with Gasteiger partial charge < -0.3 is 14.6 Å². The zero-order chi connectivity index (χ0) is 16.3. The van der Waals surface area contributed by atoms with E-state index < -0.39 is 29.6 Å². The number of carboxylic acids is 1. The number of nitrogens with zero attached hydrogens (tertiary/aromatic N) is 1. The molecule has 1 saturated heterocycles. The summed E-state index contributed by atoms with van der Waals surface area (Å²) in [5.74, 6) is -4.85. The monoisotopic (exact) mass is 305 g/mol. The molecule has 1 aromatic rings. The number of rotatable bonds is 4.